The summed E-state index contributed by atoms with van der Waals surface area (Å²) in [7, 11) is 0. The molecule has 0 amide bonds. The molecule has 25 heavy (non-hydrogen) atoms. The summed E-state index contributed by atoms with van der Waals surface area (Å²) in [5.74, 6) is 0. The van der Waals surface area contributed by atoms with Crippen LogP contribution in [0.15, 0.2) is 48.5 Å². The van der Waals surface area contributed by atoms with Crippen molar-refractivity contribution in [3.05, 3.63) is 70.8 Å². The Balaban J connectivity index is 0.00000109. The van der Waals surface area contributed by atoms with Gasteiger partial charge in [-0.2, -0.15) is 5.26 Å². The van der Waals surface area contributed by atoms with Crippen LogP contribution in [0, 0.1) is 11.3 Å². The molecule has 4 heteroatoms. The van der Waals surface area contributed by atoms with Gasteiger partial charge in [0.2, 0.25) is 0 Å². The van der Waals surface area contributed by atoms with E-state index in [4.69, 9.17) is 9.53 Å². The lowest BCUT2D eigenvalue weighted by molar-refractivity contribution is -0.0980. The fourth-order valence-corrected chi connectivity index (χ4v) is 3.11. The Morgan fingerprint density at radius 2 is 1.76 bits per heavy atom. The summed E-state index contributed by atoms with van der Waals surface area (Å²) in [6.45, 7) is 3.29. The average Bonchev–Trinajstić information content (AvgIpc) is 2.71. The second-order valence-electron chi connectivity index (χ2n) is 6.04. The monoisotopic (exact) mass is 335 g/mol. The highest BCUT2D eigenvalue weighted by Gasteiger charge is 2.34. The van der Waals surface area contributed by atoms with E-state index in [1.54, 1.807) is 0 Å². The van der Waals surface area contributed by atoms with E-state index < -0.39 is 5.41 Å². The first-order chi connectivity index (χ1) is 12.3. The zero-order valence-electron chi connectivity index (χ0n) is 14.1. The van der Waals surface area contributed by atoms with Gasteiger partial charge in [-0.1, -0.05) is 48.5 Å². The van der Waals surface area contributed by atoms with Crippen molar-refractivity contribution in [3.63, 3.8) is 0 Å². The van der Waals surface area contributed by atoms with Crippen molar-refractivity contribution < 1.29 is 14.3 Å². The van der Waals surface area contributed by atoms with Crippen molar-refractivity contribution in [2.24, 2.45) is 0 Å². The van der Waals surface area contributed by atoms with Crippen LogP contribution in [0.25, 0.3) is 0 Å². The molecule has 128 valence electrons. The van der Waals surface area contributed by atoms with Crippen LogP contribution in [-0.2, 0) is 21.4 Å². The lowest BCUT2D eigenvalue weighted by Gasteiger charge is -2.31. The summed E-state index contributed by atoms with van der Waals surface area (Å²) in [5.41, 5.74) is 3.70. The van der Waals surface area contributed by atoms with Gasteiger partial charge >= 0.3 is 0 Å². The number of carbonyl (C=O) groups excluding carboxylic acids is 2. The van der Waals surface area contributed by atoms with Crippen molar-refractivity contribution in [2.75, 3.05) is 13.2 Å². The maximum absolute atomic E-state index is 10.7. The number of nitriles is 1. The van der Waals surface area contributed by atoms with Gasteiger partial charge in [0, 0.05) is 18.8 Å². The lowest BCUT2D eigenvalue weighted by atomic mass is 9.75. The van der Waals surface area contributed by atoms with Crippen LogP contribution >= 0.6 is 0 Å². The highest BCUT2D eigenvalue weighted by Crippen LogP contribution is 2.34. The predicted molar refractivity (Wildman–Crippen MR) is 95.5 cm³/mol. The normalized spacial score (nSPS) is 15.3. The van der Waals surface area contributed by atoms with Gasteiger partial charge in [0.15, 0.2) is 0 Å². The molecule has 0 spiro atoms. The second kappa shape index (κ2) is 8.91. The molecule has 2 aromatic carbocycles. The predicted octanol–water partition coefficient (Wildman–Crippen LogP) is 3.48. The number of aldehydes is 1. The van der Waals surface area contributed by atoms with E-state index in [1.165, 1.54) is 5.56 Å². The van der Waals surface area contributed by atoms with E-state index >= 15 is 0 Å². The molecule has 0 N–H and O–H groups in total. The Hall–Kier alpha value is -2.77. The summed E-state index contributed by atoms with van der Waals surface area (Å²) in [6, 6.07) is 18.4. The molecular formula is C21H21NO3. The first kappa shape index (κ1) is 18.6. The SMILES string of the molecule is C=O.N#CC1(c2cccc(Cc3ccc(C=O)cc3)c2)CCOCC1. The first-order valence-electron chi connectivity index (χ1n) is 8.17. The van der Waals surface area contributed by atoms with E-state index in [0.29, 0.717) is 18.8 Å². The molecule has 1 aliphatic rings. The van der Waals surface area contributed by atoms with Crippen LogP contribution in [0.1, 0.15) is 39.9 Å². The van der Waals surface area contributed by atoms with Crippen molar-refractivity contribution in [1.29, 1.82) is 5.26 Å². The summed E-state index contributed by atoms with van der Waals surface area (Å²) < 4.78 is 5.42. The maximum Gasteiger partial charge on any atom is 0.150 e. The quantitative estimate of drug-likeness (QED) is 0.802. The third-order valence-electron chi connectivity index (χ3n) is 4.56. The summed E-state index contributed by atoms with van der Waals surface area (Å²) in [5, 5.41) is 9.69. The lowest BCUT2D eigenvalue weighted by Crippen LogP contribution is -2.32. The van der Waals surface area contributed by atoms with Gasteiger partial charge in [-0.25, -0.2) is 0 Å². The first-order valence-corrected chi connectivity index (χ1v) is 8.17. The molecule has 0 aromatic heterocycles. The molecule has 1 fully saturated rings. The molecule has 0 radical (unpaired) electrons. The van der Waals surface area contributed by atoms with Crippen molar-refractivity contribution in [2.45, 2.75) is 24.7 Å². The van der Waals surface area contributed by atoms with Crippen LogP contribution in [0.3, 0.4) is 0 Å². The number of benzene rings is 2. The van der Waals surface area contributed by atoms with Gasteiger partial charge < -0.3 is 9.53 Å². The van der Waals surface area contributed by atoms with Crippen molar-refractivity contribution >= 4 is 13.1 Å². The minimum absolute atomic E-state index is 0.421. The molecule has 3 rings (SSSR count). The number of hydrogen-bond acceptors (Lipinski definition) is 4. The number of carbonyl (C=O) groups is 2. The minimum atomic E-state index is -0.421. The standard InChI is InChI=1S/C20H19NO2.CH2O/c21-15-20(8-10-23-11-9-20)19-3-1-2-18(13-19)12-16-4-6-17(14-22)7-5-16;1-2/h1-7,13-14H,8-12H2;1H2. The summed E-state index contributed by atoms with van der Waals surface area (Å²) in [6.07, 6.45) is 3.15. The van der Waals surface area contributed by atoms with Crippen LogP contribution < -0.4 is 0 Å². The molecule has 0 saturated carbocycles. The van der Waals surface area contributed by atoms with Crippen LogP contribution in [0.2, 0.25) is 0 Å². The van der Waals surface area contributed by atoms with Gasteiger partial charge in [-0.3, -0.25) is 4.79 Å². The average molecular weight is 335 g/mol. The zero-order valence-corrected chi connectivity index (χ0v) is 14.1. The molecular weight excluding hydrogens is 314 g/mol. The molecule has 1 heterocycles. The molecule has 4 nitrogen and oxygen atoms in total. The Labute approximate surface area is 148 Å². The Bertz CT molecular complexity index is 740. The second-order valence-corrected chi connectivity index (χ2v) is 6.04. The summed E-state index contributed by atoms with van der Waals surface area (Å²) in [4.78, 5) is 18.7. The molecule has 0 unspecified atom stereocenters. The van der Waals surface area contributed by atoms with E-state index in [1.807, 2.05) is 43.2 Å². The highest BCUT2D eigenvalue weighted by atomic mass is 16.5. The largest absolute Gasteiger partial charge is 0.381 e. The van der Waals surface area contributed by atoms with Gasteiger partial charge in [0.05, 0.1) is 11.5 Å². The van der Waals surface area contributed by atoms with Gasteiger partial charge in [0.25, 0.3) is 0 Å². The van der Waals surface area contributed by atoms with E-state index in [2.05, 4.69) is 18.2 Å². The molecule has 1 aliphatic heterocycles. The van der Waals surface area contributed by atoms with Crippen molar-refractivity contribution in [1.82, 2.24) is 0 Å². The van der Waals surface area contributed by atoms with E-state index in [0.717, 1.165) is 36.7 Å². The number of nitrogens with zero attached hydrogens (tertiary/aromatic N) is 1. The van der Waals surface area contributed by atoms with Crippen molar-refractivity contribution in [3.8, 4) is 6.07 Å². The topological polar surface area (TPSA) is 67.2 Å². The van der Waals surface area contributed by atoms with E-state index in [9.17, 15) is 10.1 Å². The number of hydrogen-bond donors (Lipinski definition) is 0. The number of rotatable bonds is 4. The number of ether oxygens (including phenoxy) is 1. The molecule has 0 aliphatic carbocycles. The van der Waals surface area contributed by atoms with Gasteiger partial charge in [-0.05, 0) is 36.0 Å². The van der Waals surface area contributed by atoms with Crippen LogP contribution in [-0.4, -0.2) is 26.3 Å². The Morgan fingerprint density at radius 1 is 1.08 bits per heavy atom. The van der Waals surface area contributed by atoms with E-state index in [-0.39, 0.29) is 0 Å². The molecule has 0 bridgehead atoms. The smallest absolute Gasteiger partial charge is 0.150 e. The Kier molecular flexibility index (Phi) is 6.62. The molecule has 1 saturated heterocycles. The van der Waals surface area contributed by atoms with Crippen LogP contribution in [0.4, 0.5) is 0 Å². The van der Waals surface area contributed by atoms with Gasteiger partial charge in [0.1, 0.15) is 13.1 Å². The zero-order chi connectivity index (χ0) is 18.1. The molecule has 0 atom stereocenters. The summed E-state index contributed by atoms with van der Waals surface area (Å²) >= 11 is 0. The Morgan fingerprint density at radius 3 is 2.36 bits per heavy atom. The minimum Gasteiger partial charge on any atom is -0.381 e. The fourth-order valence-electron chi connectivity index (χ4n) is 3.11. The molecule has 2 aromatic rings. The maximum atomic E-state index is 10.7. The van der Waals surface area contributed by atoms with Gasteiger partial charge in [-0.15, -0.1) is 0 Å². The highest BCUT2D eigenvalue weighted by molar-refractivity contribution is 5.74. The van der Waals surface area contributed by atoms with Crippen LogP contribution in [0.5, 0.6) is 0 Å². The fraction of sp³-hybridized carbons (Fsp3) is 0.286. The third-order valence-corrected chi connectivity index (χ3v) is 4.56. The third kappa shape index (κ3) is 4.40.